The van der Waals surface area contributed by atoms with Crippen LogP contribution in [0.2, 0.25) is 0 Å². The molecule has 1 nitrogen and oxygen atoms in total. The van der Waals surface area contributed by atoms with E-state index in [2.05, 4.69) is 57.2 Å². The minimum Gasteiger partial charge on any atom is -0.257 e. The molecule has 0 amide bonds. The van der Waals surface area contributed by atoms with Crippen LogP contribution in [0, 0.1) is 5.41 Å². The highest BCUT2D eigenvalue weighted by molar-refractivity contribution is 5.94. The Hall–Kier alpha value is -1.63. The van der Waals surface area contributed by atoms with E-state index in [9.17, 15) is 0 Å². The molecule has 1 aliphatic carbocycles. The van der Waals surface area contributed by atoms with Crippen molar-refractivity contribution in [2.24, 2.45) is 10.4 Å². The zero-order chi connectivity index (χ0) is 12.0. The number of aliphatic imine (C=N–C) groups is 1. The number of hydrogen-bond acceptors (Lipinski definition) is 1. The Morgan fingerprint density at radius 2 is 1.88 bits per heavy atom. The van der Waals surface area contributed by atoms with Gasteiger partial charge in [0.05, 0.1) is 5.70 Å². The van der Waals surface area contributed by atoms with Crippen molar-refractivity contribution in [1.29, 1.82) is 0 Å². The van der Waals surface area contributed by atoms with Crippen LogP contribution in [-0.2, 0) is 6.42 Å². The number of allylic oxidation sites excluding steroid dienone is 2. The molecule has 0 aromatic heterocycles. The summed E-state index contributed by atoms with van der Waals surface area (Å²) in [5.74, 6) is 0. The lowest BCUT2D eigenvalue weighted by molar-refractivity contribution is 0.617. The van der Waals surface area contributed by atoms with E-state index in [1.165, 1.54) is 28.1 Å². The quantitative estimate of drug-likeness (QED) is 0.630. The topological polar surface area (TPSA) is 12.4 Å². The minimum atomic E-state index is 0.108. The normalized spacial score (nSPS) is 20.8. The molecule has 1 aromatic carbocycles. The van der Waals surface area contributed by atoms with Gasteiger partial charge in [0.15, 0.2) is 0 Å². The molecule has 0 N–H and O–H groups in total. The third-order valence-electron chi connectivity index (χ3n) is 4.10. The summed E-state index contributed by atoms with van der Waals surface area (Å²) in [6.45, 7) is 6.68. The molecule has 0 fully saturated rings. The van der Waals surface area contributed by atoms with E-state index in [4.69, 9.17) is 4.99 Å². The van der Waals surface area contributed by atoms with Crippen LogP contribution in [0.5, 0.6) is 0 Å². The first-order valence-corrected chi connectivity index (χ1v) is 6.14. The number of fused-ring (bicyclic) bond motifs is 1. The molecule has 1 aromatic rings. The summed E-state index contributed by atoms with van der Waals surface area (Å²) in [7, 11) is 0. The Bertz CT molecular complexity index is 571. The van der Waals surface area contributed by atoms with E-state index < -0.39 is 0 Å². The van der Waals surface area contributed by atoms with Crippen LogP contribution in [-0.4, -0.2) is 5.71 Å². The highest BCUT2D eigenvalue weighted by atomic mass is 14.8. The molecule has 0 bridgehead atoms. The standard InChI is InChI=1S/C16H17N/c1-11-16(2,3)14-10-13-7-5-4-6-12(13)8-9-15(14)17-11/h4-9H,10H2,1-3H3. The summed E-state index contributed by atoms with van der Waals surface area (Å²) >= 11 is 0. The van der Waals surface area contributed by atoms with Crippen LogP contribution < -0.4 is 0 Å². The highest BCUT2D eigenvalue weighted by Gasteiger charge is 2.34. The van der Waals surface area contributed by atoms with Crippen LogP contribution in [0.3, 0.4) is 0 Å². The van der Waals surface area contributed by atoms with Crippen molar-refractivity contribution in [3.63, 3.8) is 0 Å². The molecule has 0 unspecified atom stereocenters. The fourth-order valence-electron chi connectivity index (χ4n) is 2.59. The second kappa shape index (κ2) is 3.43. The second-order valence-corrected chi connectivity index (χ2v) is 5.39. The fraction of sp³-hybridized carbons (Fsp3) is 0.312. The fourth-order valence-corrected chi connectivity index (χ4v) is 2.59. The molecule has 0 radical (unpaired) electrons. The predicted molar refractivity (Wildman–Crippen MR) is 73.1 cm³/mol. The molecule has 1 aliphatic heterocycles. The Balaban J connectivity index is 2.13. The zero-order valence-electron chi connectivity index (χ0n) is 10.6. The van der Waals surface area contributed by atoms with Crippen molar-refractivity contribution < 1.29 is 0 Å². The van der Waals surface area contributed by atoms with Gasteiger partial charge < -0.3 is 0 Å². The largest absolute Gasteiger partial charge is 0.257 e. The van der Waals surface area contributed by atoms with Crippen molar-refractivity contribution in [3.05, 3.63) is 52.7 Å². The molecule has 0 saturated carbocycles. The summed E-state index contributed by atoms with van der Waals surface area (Å²) in [5.41, 5.74) is 6.70. The van der Waals surface area contributed by atoms with Gasteiger partial charge in [0.1, 0.15) is 0 Å². The maximum absolute atomic E-state index is 4.72. The lowest BCUT2D eigenvalue weighted by atomic mass is 9.78. The summed E-state index contributed by atoms with van der Waals surface area (Å²) < 4.78 is 0. The van der Waals surface area contributed by atoms with Gasteiger partial charge in [-0.05, 0) is 36.1 Å². The lowest BCUT2D eigenvalue weighted by Gasteiger charge is -2.23. The predicted octanol–water partition coefficient (Wildman–Crippen LogP) is 4.01. The SMILES string of the molecule is CC1=NC2=C(Cc3ccccc3C=C2)C1(C)C. The van der Waals surface area contributed by atoms with Crippen molar-refractivity contribution in [1.82, 2.24) is 0 Å². The number of rotatable bonds is 0. The van der Waals surface area contributed by atoms with Crippen molar-refractivity contribution in [2.45, 2.75) is 27.2 Å². The van der Waals surface area contributed by atoms with Crippen molar-refractivity contribution in [3.8, 4) is 0 Å². The van der Waals surface area contributed by atoms with Crippen LogP contribution in [0.1, 0.15) is 31.9 Å². The number of benzene rings is 1. The smallest absolute Gasteiger partial charge is 0.0634 e. The third kappa shape index (κ3) is 1.49. The molecule has 86 valence electrons. The molecule has 0 spiro atoms. The Labute approximate surface area is 103 Å². The molecule has 1 heteroatoms. The van der Waals surface area contributed by atoms with Crippen LogP contribution >= 0.6 is 0 Å². The monoisotopic (exact) mass is 223 g/mol. The molecule has 1 heterocycles. The zero-order valence-corrected chi connectivity index (χ0v) is 10.6. The van der Waals surface area contributed by atoms with E-state index >= 15 is 0 Å². The molecule has 0 saturated heterocycles. The van der Waals surface area contributed by atoms with E-state index in [1.807, 2.05) is 0 Å². The molecule has 2 aliphatic rings. The van der Waals surface area contributed by atoms with Gasteiger partial charge in [-0.25, -0.2) is 0 Å². The third-order valence-corrected chi connectivity index (χ3v) is 4.10. The molecule has 3 rings (SSSR count). The van der Waals surface area contributed by atoms with Gasteiger partial charge in [0.25, 0.3) is 0 Å². The van der Waals surface area contributed by atoms with E-state index in [0.29, 0.717) is 0 Å². The van der Waals surface area contributed by atoms with Crippen LogP contribution in [0.4, 0.5) is 0 Å². The first-order chi connectivity index (χ1) is 8.09. The summed E-state index contributed by atoms with van der Waals surface area (Å²) in [6.07, 6.45) is 5.38. The first-order valence-electron chi connectivity index (χ1n) is 6.14. The first kappa shape index (κ1) is 10.5. The maximum Gasteiger partial charge on any atom is 0.0634 e. The van der Waals surface area contributed by atoms with Gasteiger partial charge in [0.2, 0.25) is 0 Å². The van der Waals surface area contributed by atoms with Crippen LogP contribution in [0.15, 0.2) is 46.6 Å². The van der Waals surface area contributed by atoms with Gasteiger partial charge in [-0.15, -0.1) is 0 Å². The Morgan fingerprint density at radius 1 is 1.12 bits per heavy atom. The minimum absolute atomic E-state index is 0.108. The Morgan fingerprint density at radius 3 is 2.71 bits per heavy atom. The molecule has 0 atom stereocenters. The summed E-state index contributed by atoms with van der Waals surface area (Å²) in [5, 5.41) is 0. The molecular weight excluding hydrogens is 206 g/mol. The molecule has 17 heavy (non-hydrogen) atoms. The van der Waals surface area contributed by atoms with Gasteiger partial charge >= 0.3 is 0 Å². The molecular formula is C16H17N. The average Bonchev–Trinajstić information content (AvgIpc) is 2.48. The van der Waals surface area contributed by atoms with Gasteiger partial charge in [-0.1, -0.05) is 44.2 Å². The lowest BCUT2D eigenvalue weighted by Crippen LogP contribution is -2.22. The average molecular weight is 223 g/mol. The summed E-state index contributed by atoms with van der Waals surface area (Å²) in [4.78, 5) is 4.72. The Kier molecular flexibility index (Phi) is 2.12. The second-order valence-electron chi connectivity index (χ2n) is 5.39. The van der Waals surface area contributed by atoms with Gasteiger partial charge in [-0.3, -0.25) is 4.99 Å². The van der Waals surface area contributed by atoms with E-state index in [0.717, 1.165) is 6.42 Å². The summed E-state index contributed by atoms with van der Waals surface area (Å²) in [6, 6.07) is 8.62. The van der Waals surface area contributed by atoms with Crippen molar-refractivity contribution in [2.75, 3.05) is 0 Å². The van der Waals surface area contributed by atoms with Crippen LogP contribution in [0.25, 0.3) is 6.08 Å². The number of hydrogen-bond donors (Lipinski definition) is 0. The maximum atomic E-state index is 4.72. The van der Waals surface area contributed by atoms with E-state index in [-0.39, 0.29) is 5.41 Å². The number of nitrogens with zero attached hydrogens (tertiary/aromatic N) is 1. The van der Waals surface area contributed by atoms with E-state index in [1.54, 1.807) is 0 Å². The van der Waals surface area contributed by atoms with Gasteiger partial charge in [0, 0.05) is 11.1 Å². The van der Waals surface area contributed by atoms with Gasteiger partial charge in [-0.2, -0.15) is 0 Å². The highest BCUT2D eigenvalue weighted by Crippen LogP contribution is 2.41. The van der Waals surface area contributed by atoms with Crippen molar-refractivity contribution >= 4 is 11.8 Å².